The van der Waals surface area contributed by atoms with E-state index in [2.05, 4.69) is 0 Å². The van der Waals surface area contributed by atoms with Crippen molar-refractivity contribution in [3.63, 3.8) is 0 Å². The number of carbonyl (C=O) groups excluding carboxylic acids is 1. The molecule has 0 aliphatic rings. The van der Waals surface area contributed by atoms with Gasteiger partial charge in [0.25, 0.3) is 11.5 Å². The molecule has 0 N–H and O–H groups in total. The van der Waals surface area contributed by atoms with Gasteiger partial charge in [-0.1, -0.05) is 6.07 Å². The van der Waals surface area contributed by atoms with Gasteiger partial charge in [-0.25, -0.2) is 0 Å². The lowest BCUT2D eigenvalue weighted by molar-refractivity contribution is -0.385. The number of ketones is 1. The van der Waals surface area contributed by atoms with Gasteiger partial charge in [-0.15, -0.1) is 0 Å². The second-order valence-corrected chi connectivity index (χ2v) is 2.65. The first-order valence-corrected chi connectivity index (χ1v) is 3.76. The lowest BCUT2D eigenvalue weighted by Crippen LogP contribution is -2.01. The molecule has 1 aromatic rings. The maximum absolute atomic E-state index is 11.0. The first-order valence-electron chi connectivity index (χ1n) is 3.76. The molecule has 0 heterocycles. The predicted octanol–water partition coefficient (Wildman–Crippen LogP) is 1.61. The molecular formula is C9H6N2O3. The Hall–Kier alpha value is -2.22. The van der Waals surface area contributed by atoms with E-state index in [-0.39, 0.29) is 16.8 Å². The number of hydrogen-bond donors (Lipinski definition) is 0. The summed E-state index contributed by atoms with van der Waals surface area (Å²) in [5, 5.41) is 18.9. The van der Waals surface area contributed by atoms with Crippen LogP contribution in [0.15, 0.2) is 18.2 Å². The topological polar surface area (TPSA) is 84.0 Å². The van der Waals surface area contributed by atoms with E-state index >= 15 is 0 Å². The van der Waals surface area contributed by atoms with Gasteiger partial charge in [0.1, 0.15) is 6.07 Å². The van der Waals surface area contributed by atoms with E-state index in [1.165, 1.54) is 31.2 Å². The molecule has 0 radical (unpaired) electrons. The number of nitrogens with zero attached hydrogens (tertiary/aromatic N) is 2. The number of benzene rings is 1. The lowest BCUT2D eigenvalue weighted by atomic mass is 10.0. The van der Waals surface area contributed by atoms with E-state index in [1.807, 2.05) is 0 Å². The summed E-state index contributed by atoms with van der Waals surface area (Å²) in [4.78, 5) is 20.9. The molecule has 0 atom stereocenters. The standard InChI is InChI=1S/C9H6N2O3/c1-6-7(9(12)5-10)3-2-4-8(6)11(13)14/h2-4H,1H3. The number of hydrogen-bond acceptors (Lipinski definition) is 4. The maximum Gasteiger partial charge on any atom is 0.273 e. The van der Waals surface area contributed by atoms with E-state index in [9.17, 15) is 14.9 Å². The second-order valence-electron chi connectivity index (χ2n) is 2.65. The molecule has 0 amide bonds. The molecule has 0 aliphatic carbocycles. The van der Waals surface area contributed by atoms with Gasteiger partial charge in [0.15, 0.2) is 0 Å². The van der Waals surface area contributed by atoms with E-state index in [1.54, 1.807) is 0 Å². The first-order chi connectivity index (χ1) is 6.57. The quantitative estimate of drug-likeness (QED) is 0.307. The number of nitro benzene ring substituents is 1. The van der Waals surface area contributed by atoms with Crippen LogP contribution in [0.1, 0.15) is 15.9 Å². The van der Waals surface area contributed by atoms with Crippen molar-refractivity contribution in [2.24, 2.45) is 0 Å². The number of carbonyl (C=O) groups is 1. The molecule has 70 valence electrons. The van der Waals surface area contributed by atoms with Gasteiger partial charge in [-0.3, -0.25) is 14.9 Å². The monoisotopic (exact) mass is 190 g/mol. The summed E-state index contributed by atoms with van der Waals surface area (Å²) in [7, 11) is 0. The third-order valence-electron chi connectivity index (χ3n) is 1.85. The van der Waals surface area contributed by atoms with Crippen molar-refractivity contribution in [2.75, 3.05) is 0 Å². The Morgan fingerprint density at radius 1 is 1.57 bits per heavy atom. The summed E-state index contributed by atoms with van der Waals surface area (Å²) in [5.41, 5.74) is 0.164. The fraction of sp³-hybridized carbons (Fsp3) is 0.111. The van der Waals surface area contributed by atoms with Crippen LogP contribution < -0.4 is 0 Å². The van der Waals surface area contributed by atoms with Crippen LogP contribution in [0.3, 0.4) is 0 Å². The summed E-state index contributed by atoms with van der Waals surface area (Å²) in [6, 6.07) is 5.50. The van der Waals surface area contributed by atoms with Crippen LogP contribution >= 0.6 is 0 Å². The van der Waals surface area contributed by atoms with Crippen molar-refractivity contribution >= 4 is 11.5 Å². The Kier molecular flexibility index (Phi) is 2.58. The molecule has 0 fully saturated rings. The van der Waals surface area contributed by atoms with Gasteiger partial charge < -0.3 is 0 Å². The number of Topliss-reactive ketones (excluding diaryl/α,β-unsaturated/α-hetero) is 1. The fourth-order valence-corrected chi connectivity index (χ4v) is 1.13. The Labute approximate surface area is 79.7 Å². The van der Waals surface area contributed by atoms with Crippen molar-refractivity contribution in [1.29, 1.82) is 5.26 Å². The third-order valence-corrected chi connectivity index (χ3v) is 1.85. The number of nitriles is 1. The van der Waals surface area contributed by atoms with Crippen LogP contribution in [0.4, 0.5) is 5.69 Å². The van der Waals surface area contributed by atoms with Crippen LogP contribution in [0.25, 0.3) is 0 Å². The summed E-state index contributed by atoms with van der Waals surface area (Å²) >= 11 is 0. The highest BCUT2D eigenvalue weighted by Crippen LogP contribution is 2.20. The Bertz CT molecular complexity index is 446. The smallest absolute Gasteiger partial charge is 0.273 e. The largest absolute Gasteiger partial charge is 0.277 e. The van der Waals surface area contributed by atoms with E-state index in [4.69, 9.17) is 5.26 Å². The predicted molar refractivity (Wildman–Crippen MR) is 47.8 cm³/mol. The van der Waals surface area contributed by atoms with Crippen LogP contribution in [0, 0.1) is 28.4 Å². The number of nitro groups is 1. The van der Waals surface area contributed by atoms with Crippen LogP contribution in [-0.2, 0) is 0 Å². The third kappa shape index (κ3) is 1.59. The zero-order chi connectivity index (χ0) is 10.7. The van der Waals surface area contributed by atoms with E-state index in [0.717, 1.165) is 0 Å². The molecule has 0 bridgehead atoms. The van der Waals surface area contributed by atoms with Crippen LogP contribution in [0.2, 0.25) is 0 Å². The Morgan fingerprint density at radius 2 is 2.21 bits per heavy atom. The molecule has 0 saturated heterocycles. The molecular weight excluding hydrogens is 184 g/mol. The lowest BCUT2D eigenvalue weighted by Gasteiger charge is -1.99. The summed E-state index contributed by atoms with van der Waals surface area (Å²) in [6.07, 6.45) is 0. The zero-order valence-electron chi connectivity index (χ0n) is 7.35. The van der Waals surface area contributed by atoms with Gasteiger partial charge in [-0.2, -0.15) is 5.26 Å². The average Bonchev–Trinajstić information content (AvgIpc) is 2.16. The molecule has 14 heavy (non-hydrogen) atoms. The van der Waals surface area contributed by atoms with Crippen molar-refractivity contribution in [2.45, 2.75) is 6.92 Å². The van der Waals surface area contributed by atoms with Crippen molar-refractivity contribution in [1.82, 2.24) is 0 Å². The van der Waals surface area contributed by atoms with E-state index in [0.29, 0.717) is 0 Å². The van der Waals surface area contributed by atoms with Gasteiger partial charge in [0.2, 0.25) is 0 Å². The Morgan fingerprint density at radius 3 is 2.71 bits per heavy atom. The van der Waals surface area contributed by atoms with Gasteiger partial charge >= 0.3 is 0 Å². The second kappa shape index (κ2) is 3.66. The normalized spacial score (nSPS) is 9.14. The van der Waals surface area contributed by atoms with Gasteiger partial charge in [-0.05, 0) is 13.0 Å². The molecule has 0 aromatic heterocycles. The summed E-state index contributed by atoms with van der Waals surface area (Å²) in [5.74, 6) is -0.758. The molecule has 0 unspecified atom stereocenters. The number of rotatable bonds is 2. The minimum atomic E-state index is -0.758. The molecule has 1 aromatic carbocycles. The van der Waals surface area contributed by atoms with Gasteiger partial charge in [0.05, 0.1) is 4.92 Å². The van der Waals surface area contributed by atoms with Crippen LogP contribution in [-0.4, -0.2) is 10.7 Å². The average molecular weight is 190 g/mol. The molecule has 5 heteroatoms. The van der Waals surface area contributed by atoms with E-state index < -0.39 is 10.7 Å². The minimum Gasteiger partial charge on any atom is -0.277 e. The summed E-state index contributed by atoms with van der Waals surface area (Å²) < 4.78 is 0. The molecule has 5 nitrogen and oxygen atoms in total. The molecule has 0 spiro atoms. The highest BCUT2D eigenvalue weighted by molar-refractivity contribution is 6.08. The highest BCUT2D eigenvalue weighted by Gasteiger charge is 2.16. The van der Waals surface area contributed by atoms with Crippen LogP contribution in [0.5, 0.6) is 0 Å². The highest BCUT2D eigenvalue weighted by atomic mass is 16.6. The van der Waals surface area contributed by atoms with Crippen molar-refractivity contribution in [3.05, 3.63) is 39.4 Å². The minimum absolute atomic E-state index is 0.0849. The maximum atomic E-state index is 11.0. The molecule has 1 rings (SSSR count). The fourth-order valence-electron chi connectivity index (χ4n) is 1.13. The van der Waals surface area contributed by atoms with Crippen molar-refractivity contribution in [3.8, 4) is 6.07 Å². The zero-order valence-corrected chi connectivity index (χ0v) is 7.35. The summed E-state index contributed by atoms with van der Waals surface area (Å²) in [6.45, 7) is 1.45. The van der Waals surface area contributed by atoms with Gasteiger partial charge in [0, 0.05) is 17.2 Å². The first kappa shape index (κ1) is 9.86. The van der Waals surface area contributed by atoms with Crippen molar-refractivity contribution < 1.29 is 9.72 Å². The molecule has 0 aliphatic heterocycles. The SMILES string of the molecule is Cc1c(C(=O)C#N)cccc1[N+](=O)[O-]. The Balaban J connectivity index is 3.36. The molecule has 0 saturated carbocycles.